The second kappa shape index (κ2) is 7.63. The first-order valence-electron chi connectivity index (χ1n) is 8.65. The van der Waals surface area contributed by atoms with Crippen molar-refractivity contribution in [3.63, 3.8) is 0 Å². The summed E-state index contributed by atoms with van der Waals surface area (Å²) in [5.74, 6) is 0.121. The summed E-state index contributed by atoms with van der Waals surface area (Å²) in [7, 11) is -3.19. The number of hydrogen-bond donors (Lipinski definition) is 0. The van der Waals surface area contributed by atoms with E-state index in [1.54, 1.807) is 17.0 Å². The molecule has 140 valence electrons. The summed E-state index contributed by atoms with van der Waals surface area (Å²) in [5, 5.41) is 0. The number of carbonyl (C=O) groups is 1. The topological polar surface area (TPSA) is 70.8 Å². The maximum Gasteiger partial charge on any atom is 0.289 e. The number of carbonyl (C=O) groups excluding carboxylic acids is 1. The molecule has 0 bridgehead atoms. The van der Waals surface area contributed by atoms with Gasteiger partial charge in [0.15, 0.2) is 15.6 Å². The van der Waals surface area contributed by atoms with Gasteiger partial charge in [-0.1, -0.05) is 30.3 Å². The largest absolute Gasteiger partial charge is 0.455 e. The van der Waals surface area contributed by atoms with E-state index in [0.717, 1.165) is 25.9 Å². The molecule has 2 aromatic rings. The van der Waals surface area contributed by atoms with E-state index < -0.39 is 9.84 Å². The Hall–Kier alpha value is -2.12. The smallest absolute Gasteiger partial charge is 0.289 e. The minimum Gasteiger partial charge on any atom is -0.455 e. The van der Waals surface area contributed by atoms with Crippen molar-refractivity contribution in [2.75, 3.05) is 25.9 Å². The molecule has 1 aliphatic rings. The highest BCUT2D eigenvalue weighted by molar-refractivity contribution is 7.89. The highest BCUT2D eigenvalue weighted by Crippen LogP contribution is 2.18. The van der Waals surface area contributed by atoms with Crippen molar-refractivity contribution in [2.24, 2.45) is 0 Å². The van der Waals surface area contributed by atoms with Crippen molar-refractivity contribution in [1.82, 2.24) is 9.80 Å². The van der Waals surface area contributed by atoms with Crippen LogP contribution in [0.25, 0.3) is 0 Å². The molecule has 1 aliphatic heterocycles. The van der Waals surface area contributed by atoms with E-state index in [1.807, 2.05) is 25.1 Å². The second-order valence-corrected chi connectivity index (χ2v) is 9.04. The number of piperazine rings is 1. The predicted octanol–water partition coefficient (Wildman–Crippen LogP) is 2.17. The molecule has 6 nitrogen and oxygen atoms in total. The van der Waals surface area contributed by atoms with Gasteiger partial charge >= 0.3 is 0 Å². The number of benzene rings is 1. The summed E-state index contributed by atoms with van der Waals surface area (Å²) in [5.41, 5.74) is 1.26. The van der Waals surface area contributed by atoms with Crippen LogP contribution in [-0.2, 0) is 22.1 Å². The first kappa shape index (κ1) is 18.7. The van der Waals surface area contributed by atoms with Crippen molar-refractivity contribution in [1.29, 1.82) is 0 Å². The minimum absolute atomic E-state index is 0.0587. The average Bonchev–Trinajstić information content (AvgIpc) is 3.02. The Balaban J connectivity index is 1.61. The summed E-state index contributed by atoms with van der Waals surface area (Å²) in [6.45, 7) is 5.09. The standard InChI is InChI=1S/C19H24N2O4S/c1-15-12-20(13-16-6-4-3-5-7-16)10-11-21(15)19(22)18-9-8-17(25-18)14-26(2,23)24/h3-9,15H,10-14H2,1-2H3. The van der Waals surface area contributed by atoms with Crippen LogP contribution >= 0.6 is 0 Å². The van der Waals surface area contributed by atoms with Gasteiger partial charge in [0.2, 0.25) is 0 Å². The third-order valence-corrected chi connectivity index (χ3v) is 5.31. The monoisotopic (exact) mass is 376 g/mol. The van der Waals surface area contributed by atoms with Gasteiger partial charge in [0.1, 0.15) is 11.5 Å². The first-order chi connectivity index (χ1) is 12.3. The van der Waals surface area contributed by atoms with E-state index in [2.05, 4.69) is 17.0 Å². The molecule has 1 atom stereocenters. The molecule has 0 aliphatic carbocycles. The Morgan fingerprint density at radius 2 is 1.88 bits per heavy atom. The summed E-state index contributed by atoms with van der Waals surface area (Å²) < 4.78 is 28.2. The third-order valence-electron chi connectivity index (χ3n) is 4.50. The average molecular weight is 376 g/mol. The van der Waals surface area contributed by atoms with Crippen LogP contribution in [0.5, 0.6) is 0 Å². The van der Waals surface area contributed by atoms with Crippen LogP contribution in [0.3, 0.4) is 0 Å². The quantitative estimate of drug-likeness (QED) is 0.800. The lowest BCUT2D eigenvalue weighted by atomic mass is 10.1. The Kier molecular flexibility index (Phi) is 5.48. The summed E-state index contributed by atoms with van der Waals surface area (Å²) in [6, 6.07) is 13.5. The van der Waals surface area contributed by atoms with E-state index >= 15 is 0 Å². The van der Waals surface area contributed by atoms with Crippen LogP contribution in [0.1, 0.15) is 28.8 Å². The van der Waals surface area contributed by atoms with Crippen LogP contribution in [0.2, 0.25) is 0 Å². The van der Waals surface area contributed by atoms with Crippen LogP contribution in [-0.4, -0.2) is 56.1 Å². The van der Waals surface area contributed by atoms with Crippen molar-refractivity contribution in [3.05, 3.63) is 59.5 Å². The summed E-state index contributed by atoms with van der Waals surface area (Å²) in [4.78, 5) is 16.8. The summed E-state index contributed by atoms with van der Waals surface area (Å²) >= 11 is 0. The molecular formula is C19H24N2O4S. The molecule has 2 heterocycles. The van der Waals surface area contributed by atoms with Gasteiger partial charge in [-0.2, -0.15) is 0 Å². The lowest BCUT2D eigenvalue weighted by Crippen LogP contribution is -2.53. The molecule has 3 rings (SSSR count). The molecule has 0 N–H and O–H groups in total. The molecule has 1 fully saturated rings. The summed E-state index contributed by atoms with van der Waals surface area (Å²) in [6.07, 6.45) is 1.14. The number of sulfone groups is 1. The fourth-order valence-corrected chi connectivity index (χ4v) is 3.96. The Morgan fingerprint density at radius 3 is 2.54 bits per heavy atom. The van der Waals surface area contributed by atoms with Crippen LogP contribution in [0, 0.1) is 0 Å². The molecule has 0 saturated carbocycles. The molecule has 0 radical (unpaired) electrons. The normalized spacial score (nSPS) is 18.8. The molecule has 1 unspecified atom stereocenters. The van der Waals surface area contributed by atoms with Gasteiger partial charge in [0.25, 0.3) is 5.91 Å². The molecule has 1 aromatic carbocycles. The van der Waals surface area contributed by atoms with Crippen LogP contribution in [0.4, 0.5) is 0 Å². The first-order valence-corrected chi connectivity index (χ1v) is 10.7. The highest BCUT2D eigenvalue weighted by atomic mass is 32.2. The van der Waals surface area contributed by atoms with Gasteiger partial charge in [-0.05, 0) is 24.6 Å². The SMILES string of the molecule is CC1CN(Cc2ccccc2)CCN1C(=O)c1ccc(CS(C)(=O)=O)o1. The number of nitrogens with zero attached hydrogens (tertiary/aromatic N) is 2. The van der Waals surface area contributed by atoms with Crippen molar-refractivity contribution in [2.45, 2.75) is 25.3 Å². The van der Waals surface area contributed by atoms with Gasteiger partial charge in [-0.15, -0.1) is 0 Å². The van der Waals surface area contributed by atoms with E-state index in [4.69, 9.17) is 4.42 Å². The fraction of sp³-hybridized carbons (Fsp3) is 0.421. The highest BCUT2D eigenvalue weighted by Gasteiger charge is 2.29. The van der Waals surface area contributed by atoms with Crippen LogP contribution in [0.15, 0.2) is 46.9 Å². The number of rotatable bonds is 5. The van der Waals surface area contributed by atoms with Gasteiger partial charge < -0.3 is 9.32 Å². The third kappa shape index (κ3) is 4.74. The molecule has 1 amide bonds. The van der Waals surface area contributed by atoms with Crippen LogP contribution < -0.4 is 0 Å². The van der Waals surface area contributed by atoms with Gasteiger partial charge in [0.05, 0.1) is 0 Å². The molecule has 1 aromatic heterocycles. The van der Waals surface area contributed by atoms with Crippen molar-refractivity contribution < 1.29 is 17.6 Å². The zero-order valence-corrected chi connectivity index (χ0v) is 15.9. The Bertz CT molecular complexity index is 861. The second-order valence-electron chi connectivity index (χ2n) is 6.90. The minimum atomic E-state index is -3.19. The molecule has 26 heavy (non-hydrogen) atoms. The zero-order chi connectivity index (χ0) is 18.7. The van der Waals surface area contributed by atoms with E-state index in [0.29, 0.717) is 12.3 Å². The lowest BCUT2D eigenvalue weighted by Gasteiger charge is -2.39. The van der Waals surface area contributed by atoms with E-state index in [9.17, 15) is 13.2 Å². The fourth-order valence-electron chi connectivity index (χ4n) is 3.29. The van der Waals surface area contributed by atoms with Gasteiger partial charge in [-0.25, -0.2) is 8.42 Å². The zero-order valence-electron chi connectivity index (χ0n) is 15.1. The number of furan rings is 1. The Morgan fingerprint density at radius 1 is 1.15 bits per heavy atom. The number of hydrogen-bond acceptors (Lipinski definition) is 5. The maximum absolute atomic E-state index is 12.7. The van der Waals surface area contributed by atoms with Crippen molar-refractivity contribution >= 4 is 15.7 Å². The molecule has 1 saturated heterocycles. The molecular weight excluding hydrogens is 352 g/mol. The lowest BCUT2D eigenvalue weighted by molar-refractivity contribution is 0.0445. The Labute approximate surface area is 154 Å². The number of amides is 1. The predicted molar refractivity (Wildman–Crippen MR) is 99.5 cm³/mol. The van der Waals surface area contributed by atoms with E-state index in [1.165, 1.54) is 5.56 Å². The maximum atomic E-state index is 12.7. The van der Waals surface area contributed by atoms with E-state index in [-0.39, 0.29) is 23.5 Å². The molecule has 7 heteroatoms. The molecule has 0 spiro atoms. The van der Waals surface area contributed by atoms with Gasteiger partial charge in [-0.3, -0.25) is 9.69 Å². The van der Waals surface area contributed by atoms with Gasteiger partial charge in [0, 0.05) is 38.5 Å². The van der Waals surface area contributed by atoms with Crippen molar-refractivity contribution in [3.8, 4) is 0 Å².